The molecule has 0 radical (unpaired) electrons. The highest BCUT2D eigenvalue weighted by molar-refractivity contribution is 7.15. The largest absolute Gasteiger partial charge is 0.482 e. The van der Waals surface area contributed by atoms with Gasteiger partial charge in [0, 0.05) is 5.56 Å². The Morgan fingerprint density at radius 2 is 1.76 bits per heavy atom. The van der Waals surface area contributed by atoms with E-state index in [2.05, 4.69) is 4.98 Å². The third-order valence-corrected chi connectivity index (χ3v) is 7.31. The SMILES string of the molecule is CCC(Cc1ccc(OC(C)(C)c2sc(-c3ccc(C(F)(F)F)cc3)nc2C)cc1C)C(=O)O. The van der Waals surface area contributed by atoms with Crippen molar-refractivity contribution in [3.8, 4) is 16.3 Å². The Morgan fingerprint density at radius 1 is 1.12 bits per heavy atom. The number of benzene rings is 2. The van der Waals surface area contributed by atoms with Crippen molar-refractivity contribution in [3.05, 3.63) is 69.7 Å². The van der Waals surface area contributed by atoms with Crippen LogP contribution in [-0.4, -0.2) is 16.1 Å². The summed E-state index contributed by atoms with van der Waals surface area (Å²) in [5.74, 6) is -0.572. The number of carbonyl (C=O) groups is 1. The van der Waals surface area contributed by atoms with Crippen molar-refractivity contribution in [2.24, 2.45) is 5.92 Å². The first-order valence-electron chi connectivity index (χ1n) is 11.0. The lowest BCUT2D eigenvalue weighted by atomic mass is 9.94. The summed E-state index contributed by atoms with van der Waals surface area (Å²) in [5.41, 5.74) is 1.88. The number of halogens is 3. The number of aryl methyl sites for hydroxylation is 2. The molecule has 1 heterocycles. The van der Waals surface area contributed by atoms with Crippen molar-refractivity contribution < 1.29 is 27.8 Å². The van der Waals surface area contributed by atoms with Crippen LogP contribution in [0.1, 0.15) is 54.5 Å². The highest BCUT2D eigenvalue weighted by Crippen LogP contribution is 2.39. The summed E-state index contributed by atoms with van der Waals surface area (Å²) >= 11 is 1.39. The van der Waals surface area contributed by atoms with Gasteiger partial charge < -0.3 is 9.84 Å². The number of aromatic nitrogens is 1. The van der Waals surface area contributed by atoms with Crippen molar-refractivity contribution >= 4 is 17.3 Å². The highest BCUT2D eigenvalue weighted by Gasteiger charge is 2.31. The van der Waals surface area contributed by atoms with E-state index in [9.17, 15) is 23.1 Å². The molecule has 3 aromatic rings. The molecule has 2 aromatic carbocycles. The van der Waals surface area contributed by atoms with E-state index >= 15 is 0 Å². The summed E-state index contributed by atoms with van der Waals surface area (Å²) in [4.78, 5) is 16.8. The fraction of sp³-hybridized carbons (Fsp3) is 0.385. The molecule has 182 valence electrons. The van der Waals surface area contributed by atoms with Gasteiger partial charge in [0.05, 0.1) is 22.1 Å². The Bertz CT molecular complexity index is 1170. The molecule has 0 saturated heterocycles. The second-order valence-corrected chi connectivity index (χ2v) is 9.86. The Balaban J connectivity index is 1.81. The summed E-state index contributed by atoms with van der Waals surface area (Å²) in [6.45, 7) is 9.50. The lowest BCUT2D eigenvalue weighted by Gasteiger charge is -2.26. The van der Waals surface area contributed by atoms with Crippen LogP contribution in [0.2, 0.25) is 0 Å². The maximum Gasteiger partial charge on any atom is 0.416 e. The van der Waals surface area contributed by atoms with E-state index in [0.717, 1.165) is 33.8 Å². The van der Waals surface area contributed by atoms with Crippen LogP contribution < -0.4 is 4.74 Å². The van der Waals surface area contributed by atoms with Crippen LogP contribution in [0, 0.1) is 19.8 Å². The van der Waals surface area contributed by atoms with Crippen LogP contribution in [0.25, 0.3) is 10.6 Å². The van der Waals surface area contributed by atoms with E-state index in [-0.39, 0.29) is 0 Å². The first-order valence-corrected chi connectivity index (χ1v) is 11.8. The van der Waals surface area contributed by atoms with Gasteiger partial charge in [0.15, 0.2) is 0 Å². The zero-order chi connectivity index (χ0) is 25.3. The number of carboxylic acid groups (broad SMARTS) is 1. The maximum atomic E-state index is 12.9. The number of aliphatic carboxylic acids is 1. The fourth-order valence-corrected chi connectivity index (χ4v) is 4.96. The number of nitrogens with zero attached hydrogens (tertiary/aromatic N) is 1. The molecule has 1 atom stereocenters. The zero-order valence-corrected chi connectivity index (χ0v) is 20.6. The molecule has 0 amide bonds. The summed E-state index contributed by atoms with van der Waals surface area (Å²) in [6.07, 6.45) is -3.35. The molecule has 0 saturated carbocycles. The molecule has 8 heteroatoms. The number of ether oxygens (including phenoxy) is 1. The van der Waals surface area contributed by atoms with Crippen LogP contribution in [0.15, 0.2) is 42.5 Å². The Kier molecular flexibility index (Phi) is 7.41. The van der Waals surface area contributed by atoms with E-state index in [1.165, 1.54) is 23.5 Å². The molecule has 0 spiro atoms. The lowest BCUT2D eigenvalue weighted by molar-refractivity contribution is -0.141. The smallest absolute Gasteiger partial charge is 0.416 e. The predicted molar refractivity (Wildman–Crippen MR) is 127 cm³/mol. The average Bonchev–Trinajstić information content (AvgIpc) is 3.15. The van der Waals surface area contributed by atoms with Crippen molar-refractivity contribution in [2.45, 2.75) is 59.2 Å². The van der Waals surface area contributed by atoms with Gasteiger partial charge in [0.1, 0.15) is 16.4 Å². The standard InChI is InChI=1S/C26H28F3NO3S/c1-6-17(24(31)32)14-19-9-12-21(13-15(19)2)33-25(4,5)22-16(3)30-23(34-22)18-7-10-20(11-8-18)26(27,28)29/h7-13,17H,6,14H2,1-5H3,(H,31,32). The van der Waals surface area contributed by atoms with Gasteiger partial charge in [0.2, 0.25) is 0 Å². The van der Waals surface area contributed by atoms with Crippen LogP contribution in [0.5, 0.6) is 5.75 Å². The first-order chi connectivity index (χ1) is 15.8. The zero-order valence-electron chi connectivity index (χ0n) is 19.8. The molecule has 0 aliphatic heterocycles. The van der Waals surface area contributed by atoms with E-state index in [0.29, 0.717) is 29.2 Å². The molecule has 4 nitrogen and oxygen atoms in total. The van der Waals surface area contributed by atoms with Gasteiger partial charge in [-0.3, -0.25) is 4.79 Å². The third-order valence-electron chi connectivity index (χ3n) is 5.80. The van der Waals surface area contributed by atoms with Crippen molar-refractivity contribution in [3.63, 3.8) is 0 Å². The van der Waals surface area contributed by atoms with E-state index < -0.39 is 29.2 Å². The number of hydrogen-bond donors (Lipinski definition) is 1. The molecule has 1 N–H and O–H groups in total. The topological polar surface area (TPSA) is 59.4 Å². The highest BCUT2D eigenvalue weighted by atomic mass is 32.1. The van der Waals surface area contributed by atoms with Gasteiger partial charge in [-0.25, -0.2) is 4.98 Å². The molecule has 1 unspecified atom stereocenters. The Labute approximate surface area is 201 Å². The molecular weight excluding hydrogens is 463 g/mol. The molecule has 1 aromatic heterocycles. The number of hydrogen-bond acceptors (Lipinski definition) is 4. The van der Waals surface area contributed by atoms with Crippen LogP contribution in [0.4, 0.5) is 13.2 Å². The molecule has 0 aliphatic carbocycles. The molecule has 0 bridgehead atoms. The van der Waals surface area contributed by atoms with Crippen LogP contribution in [0.3, 0.4) is 0 Å². The van der Waals surface area contributed by atoms with Crippen molar-refractivity contribution in [2.75, 3.05) is 0 Å². The predicted octanol–water partition coefficient (Wildman–Crippen LogP) is 7.41. The lowest BCUT2D eigenvalue weighted by Crippen LogP contribution is -2.25. The van der Waals surface area contributed by atoms with Gasteiger partial charge >= 0.3 is 12.1 Å². The van der Waals surface area contributed by atoms with Gasteiger partial charge in [-0.15, -0.1) is 11.3 Å². The van der Waals surface area contributed by atoms with Crippen molar-refractivity contribution in [1.29, 1.82) is 0 Å². The maximum absolute atomic E-state index is 12.9. The molecule has 0 aliphatic rings. The number of alkyl halides is 3. The minimum atomic E-state index is -4.38. The second-order valence-electron chi connectivity index (χ2n) is 8.86. The average molecular weight is 492 g/mol. The van der Waals surface area contributed by atoms with E-state index in [1.807, 2.05) is 52.8 Å². The summed E-state index contributed by atoms with van der Waals surface area (Å²) in [5, 5.41) is 9.97. The van der Waals surface area contributed by atoms with E-state index in [4.69, 9.17) is 4.74 Å². The number of rotatable bonds is 8. The summed E-state index contributed by atoms with van der Waals surface area (Å²) < 4.78 is 44.9. The minimum Gasteiger partial charge on any atom is -0.482 e. The first kappa shape index (κ1) is 25.7. The van der Waals surface area contributed by atoms with E-state index in [1.54, 1.807) is 0 Å². The summed E-state index contributed by atoms with van der Waals surface area (Å²) in [7, 11) is 0. The van der Waals surface area contributed by atoms with Gasteiger partial charge in [-0.1, -0.05) is 25.1 Å². The van der Waals surface area contributed by atoms with Crippen LogP contribution >= 0.6 is 11.3 Å². The van der Waals surface area contributed by atoms with Crippen molar-refractivity contribution in [1.82, 2.24) is 4.98 Å². The fourth-order valence-electron chi connectivity index (χ4n) is 3.85. The van der Waals surface area contributed by atoms with Gasteiger partial charge in [-0.05, 0) is 75.9 Å². The Hall–Kier alpha value is -2.87. The number of thiazole rings is 1. The molecule has 0 fully saturated rings. The van der Waals surface area contributed by atoms with Crippen LogP contribution in [-0.2, 0) is 23.0 Å². The number of carboxylic acids is 1. The minimum absolute atomic E-state index is 0.426. The monoisotopic (exact) mass is 491 g/mol. The molecule has 3 rings (SSSR count). The van der Waals surface area contributed by atoms with Gasteiger partial charge in [-0.2, -0.15) is 13.2 Å². The normalized spacial score (nSPS) is 13.1. The Morgan fingerprint density at radius 3 is 2.29 bits per heavy atom. The van der Waals surface area contributed by atoms with Gasteiger partial charge in [0.25, 0.3) is 0 Å². The molecular formula is C26H28F3NO3S. The quantitative estimate of drug-likeness (QED) is 0.356. The summed E-state index contributed by atoms with van der Waals surface area (Å²) in [6, 6.07) is 10.6. The third kappa shape index (κ3) is 5.78. The second kappa shape index (κ2) is 9.78. The molecule has 34 heavy (non-hydrogen) atoms.